The summed E-state index contributed by atoms with van der Waals surface area (Å²) in [6.07, 6.45) is 7.76. The molecular formula is C22H42N2O3S. The highest BCUT2D eigenvalue weighted by molar-refractivity contribution is 8.00. The molecule has 1 aliphatic rings. The molecule has 0 heterocycles. The zero-order valence-electron chi connectivity index (χ0n) is 18.9. The van der Waals surface area contributed by atoms with Gasteiger partial charge in [-0.3, -0.25) is 4.79 Å². The quantitative estimate of drug-likeness (QED) is 0.477. The number of hydrogen-bond donors (Lipinski definition) is 2. The van der Waals surface area contributed by atoms with Crippen LogP contribution in [0.2, 0.25) is 0 Å². The lowest BCUT2D eigenvalue weighted by atomic mass is 9.71. The summed E-state index contributed by atoms with van der Waals surface area (Å²) in [4.78, 5) is 24.6. The molecule has 0 bridgehead atoms. The van der Waals surface area contributed by atoms with Crippen LogP contribution in [0.3, 0.4) is 0 Å². The van der Waals surface area contributed by atoms with E-state index in [4.69, 9.17) is 4.74 Å². The van der Waals surface area contributed by atoms with E-state index < -0.39 is 11.7 Å². The van der Waals surface area contributed by atoms with Crippen molar-refractivity contribution >= 4 is 23.8 Å². The van der Waals surface area contributed by atoms with Crippen LogP contribution in [0.15, 0.2) is 0 Å². The normalized spacial score (nSPS) is 17.1. The number of carbonyl (C=O) groups excluding carboxylic acids is 2. The summed E-state index contributed by atoms with van der Waals surface area (Å²) in [5.41, 5.74) is -0.655. The van der Waals surface area contributed by atoms with E-state index in [0.717, 1.165) is 44.3 Å². The molecule has 6 heteroatoms. The second-order valence-electron chi connectivity index (χ2n) is 9.45. The Bertz CT molecular complexity index is 493. The minimum Gasteiger partial charge on any atom is -0.444 e. The molecular weight excluding hydrogens is 372 g/mol. The van der Waals surface area contributed by atoms with E-state index in [9.17, 15) is 9.59 Å². The highest BCUT2D eigenvalue weighted by Gasteiger charge is 2.35. The number of amides is 2. The molecule has 0 saturated heterocycles. The van der Waals surface area contributed by atoms with E-state index >= 15 is 0 Å². The van der Waals surface area contributed by atoms with Gasteiger partial charge in [-0.1, -0.05) is 40.0 Å². The summed E-state index contributed by atoms with van der Waals surface area (Å²) < 4.78 is 5.66. The molecule has 164 valence electrons. The molecule has 0 aromatic heterocycles. The fraction of sp³-hybridized carbons (Fsp3) is 0.909. The maximum Gasteiger partial charge on any atom is 0.407 e. The Kier molecular flexibility index (Phi) is 10.2. The van der Waals surface area contributed by atoms with E-state index in [2.05, 4.69) is 31.4 Å². The van der Waals surface area contributed by atoms with E-state index in [1.54, 1.807) is 0 Å². The SMILES string of the molecule is CCC(C)(CC)SCCNC(=O)CC1(CNC(=O)OC(C)(C)C)CCCCC1. The maximum absolute atomic E-state index is 12.6. The third-order valence-corrected chi connectivity index (χ3v) is 7.51. The van der Waals surface area contributed by atoms with Gasteiger partial charge in [0.2, 0.25) is 5.91 Å². The van der Waals surface area contributed by atoms with Crippen LogP contribution in [0.1, 0.15) is 92.9 Å². The Balaban J connectivity index is 2.49. The monoisotopic (exact) mass is 414 g/mol. The average molecular weight is 415 g/mol. The van der Waals surface area contributed by atoms with Crippen molar-refractivity contribution in [2.45, 2.75) is 103 Å². The Labute approximate surface area is 176 Å². The highest BCUT2D eigenvalue weighted by atomic mass is 32.2. The first-order valence-electron chi connectivity index (χ1n) is 10.9. The molecule has 0 aromatic rings. The lowest BCUT2D eigenvalue weighted by Crippen LogP contribution is -2.44. The average Bonchev–Trinajstić information content (AvgIpc) is 2.63. The molecule has 0 spiro atoms. The van der Waals surface area contributed by atoms with Crippen molar-refractivity contribution in [2.24, 2.45) is 5.41 Å². The van der Waals surface area contributed by atoms with Crippen molar-refractivity contribution in [2.75, 3.05) is 18.8 Å². The summed E-state index contributed by atoms with van der Waals surface area (Å²) in [6, 6.07) is 0. The fourth-order valence-electron chi connectivity index (χ4n) is 3.64. The topological polar surface area (TPSA) is 67.4 Å². The highest BCUT2D eigenvalue weighted by Crippen LogP contribution is 2.39. The predicted octanol–water partition coefficient (Wildman–Crippen LogP) is 5.28. The summed E-state index contributed by atoms with van der Waals surface area (Å²) >= 11 is 1.94. The molecule has 1 rings (SSSR count). The van der Waals surface area contributed by atoms with Crippen molar-refractivity contribution in [1.29, 1.82) is 0 Å². The molecule has 5 nitrogen and oxygen atoms in total. The molecule has 1 aliphatic carbocycles. The molecule has 0 radical (unpaired) electrons. The second-order valence-corrected chi connectivity index (χ2v) is 11.1. The molecule has 0 aliphatic heterocycles. The molecule has 0 aromatic carbocycles. The Hall–Kier alpha value is -0.910. The van der Waals surface area contributed by atoms with Gasteiger partial charge in [0, 0.05) is 30.0 Å². The van der Waals surface area contributed by atoms with Gasteiger partial charge >= 0.3 is 6.09 Å². The van der Waals surface area contributed by atoms with Crippen LogP contribution in [0, 0.1) is 5.41 Å². The van der Waals surface area contributed by atoms with Crippen molar-refractivity contribution in [3.05, 3.63) is 0 Å². The minimum atomic E-state index is -0.510. The lowest BCUT2D eigenvalue weighted by Gasteiger charge is -2.37. The number of nitrogens with one attached hydrogen (secondary N) is 2. The van der Waals surface area contributed by atoms with Gasteiger partial charge in [0.15, 0.2) is 0 Å². The Morgan fingerprint density at radius 3 is 2.14 bits per heavy atom. The van der Waals surface area contributed by atoms with Gasteiger partial charge in [-0.25, -0.2) is 4.79 Å². The largest absolute Gasteiger partial charge is 0.444 e. The number of ether oxygens (including phenoxy) is 1. The van der Waals surface area contributed by atoms with E-state index in [-0.39, 0.29) is 11.3 Å². The summed E-state index contributed by atoms with van der Waals surface area (Å²) in [5, 5.41) is 6.01. The molecule has 28 heavy (non-hydrogen) atoms. The summed E-state index contributed by atoms with van der Waals surface area (Å²) in [6.45, 7) is 13.5. The molecule has 1 saturated carbocycles. The molecule has 0 unspecified atom stereocenters. The third-order valence-electron chi connectivity index (χ3n) is 5.83. The molecule has 0 atom stereocenters. The van der Waals surface area contributed by atoms with Crippen LogP contribution in [0.25, 0.3) is 0 Å². The predicted molar refractivity (Wildman–Crippen MR) is 119 cm³/mol. The molecule has 1 fully saturated rings. The first-order valence-corrected chi connectivity index (χ1v) is 11.9. The van der Waals surface area contributed by atoms with E-state index in [0.29, 0.717) is 24.3 Å². The van der Waals surface area contributed by atoms with Crippen molar-refractivity contribution < 1.29 is 14.3 Å². The maximum atomic E-state index is 12.6. The van der Waals surface area contributed by atoms with Gasteiger partial charge < -0.3 is 15.4 Å². The van der Waals surface area contributed by atoms with Crippen LogP contribution in [-0.2, 0) is 9.53 Å². The standard InChI is InChI=1S/C22H42N2O3S/c1-7-21(6,8-2)28-15-14-23-18(25)16-22(12-10-9-11-13-22)17-24-19(26)27-20(3,4)5/h7-17H2,1-6H3,(H,23,25)(H,24,26). The summed E-state index contributed by atoms with van der Waals surface area (Å²) in [7, 11) is 0. The van der Waals surface area contributed by atoms with Crippen molar-refractivity contribution in [3.63, 3.8) is 0 Å². The fourth-order valence-corrected chi connectivity index (χ4v) is 4.74. The van der Waals surface area contributed by atoms with Crippen molar-refractivity contribution in [1.82, 2.24) is 10.6 Å². The number of carbonyl (C=O) groups is 2. The minimum absolute atomic E-state index is 0.100. The second kappa shape index (κ2) is 11.3. The third kappa shape index (κ3) is 9.53. The first kappa shape index (κ1) is 25.1. The van der Waals surface area contributed by atoms with Crippen molar-refractivity contribution in [3.8, 4) is 0 Å². The van der Waals surface area contributed by atoms with Crippen LogP contribution in [0.4, 0.5) is 4.79 Å². The van der Waals surface area contributed by atoms with Gasteiger partial charge in [0.05, 0.1) is 0 Å². The smallest absolute Gasteiger partial charge is 0.407 e. The zero-order valence-corrected chi connectivity index (χ0v) is 19.7. The van der Waals surface area contributed by atoms with Gasteiger partial charge in [0.1, 0.15) is 5.60 Å². The van der Waals surface area contributed by atoms with Gasteiger partial charge in [-0.05, 0) is 51.9 Å². The lowest BCUT2D eigenvalue weighted by molar-refractivity contribution is -0.123. The number of hydrogen-bond acceptors (Lipinski definition) is 4. The van der Waals surface area contributed by atoms with Crippen LogP contribution >= 0.6 is 11.8 Å². The number of rotatable bonds is 10. The zero-order chi connectivity index (χ0) is 21.3. The van der Waals surface area contributed by atoms with Gasteiger partial charge in [-0.15, -0.1) is 0 Å². The number of thioether (sulfide) groups is 1. The van der Waals surface area contributed by atoms with Gasteiger partial charge in [-0.2, -0.15) is 11.8 Å². The molecule has 2 N–H and O–H groups in total. The first-order chi connectivity index (χ1) is 13.0. The van der Waals surface area contributed by atoms with Gasteiger partial charge in [0.25, 0.3) is 0 Å². The Morgan fingerprint density at radius 2 is 1.61 bits per heavy atom. The van der Waals surface area contributed by atoms with Crippen LogP contribution in [-0.4, -0.2) is 41.2 Å². The molecule has 2 amide bonds. The van der Waals surface area contributed by atoms with E-state index in [1.807, 2.05) is 32.5 Å². The van der Waals surface area contributed by atoms with Crippen LogP contribution < -0.4 is 10.6 Å². The number of alkyl carbamates (subject to hydrolysis) is 1. The van der Waals surface area contributed by atoms with E-state index in [1.165, 1.54) is 6.42 Å². The van der Waals surface area contributed by atoms with Crippen LogP contribution in [0.5, 0.6) is 0 Å². The Morgan fingerprint density at radius 1 is 1.00 bits per heavy atom. The summed E-state index contributed by atoms with van der Waals surface area (Å²) in [5.74, 6) is 1.04.